The molecule has 8 heterocycles. The van der Waals surface area contributed by atoms with E-state index in [1.807, 2.05) is 34.1 Å². The normalized spacial score (nSPS) is 23.0. The molecular formula is C50H52F2N10O6S. The van der Waals surface area contributed by atoms with Gasteiger partial charge in [0.2, 0.25) is 17.7 Å². The van der Waals surface area contributed by atoms with Gasteiger partial charge in [-0.25, -0.2) is 13.8 Å². The number of aromatic nitrogens is 1. The molecule has 1 spiro atoms. The zero-order valence-corrected chi connectivity index (χ0v) is 38.6. The number of carbonyl (C=O) groups is 5. The van der Waals surface area contributed by atoms with Gasteiger partial charge in [0.1, 0.15) is 17.7 Å². The number of rotatable bonds is 11. The monoisotopic (exact) mass is 958 g/mol. The lowest BCUT2D eigenvalue weighted by molar-refractivity contribution is -0.140. The third-order valence-electron chi connectivity index (χ3n) is 15.2. The molecule has 19 heteroatoms. The van der Waals surface area contributed by atoms with E-state index in [2.05, 4.69) is 36.1 Å². The SMILES string of the molecule is O=C1CCC(Nc2ccc(N3CCC(O)(CC(=O)N4CCC5(CC4)CN(c4ccc(-c6cc(F)c7c(c6)C(=O)N(C(C(=O)Nc6nccs6)C6=C8CCNC8C=N6)C7)cc4)C5)CC3)c(F)c2)C(=O)N1. The molecular weight excluding hydrogens is 907 g/mol. The topological polar surface area (TPSA) is 192 Å². The lowest BCUT2D eigenvalue weighted by Crippen LogP contribution is -2.61. The molecule has 3 aromatic carbocycles. The van der Waals surface area contributed by atoms with Crippen LogP contribution in [0.2, 0.25) is 0 Å². The van der Waals surface area contributed by atoms with Crippen LogP contribution in [0.5, 0.6) is 0 Å². The molecule has 5 fully saturated rings. The van der Waals surface area contributed by atoms with Crippen LogP contribution in [0.4, 0.5) is 31.0 Å². The predicted octanol–water partition coefficient (Wildman–Crippen LogP) is 4.82. The highest BCUT2D eigenvalue weighted by Crippen LogP contribution is 2.44. The minimum absolute atomic E-state index is 0.0161. The van der Waals surface area contributed by atoms with Gasteiger partial charge in [-0.1, -0.05) is 12.1 Å². The van der Waals surface area contributed by atoms with E-state index in [-0.39, 0.29) is 53.8 Å². The lowest BCUT2D eigenvalue weighted by Gasteiger charge is -2.55. The molecule has 7 aliphatic heterocycles. The van der Waals surface area contributed by atoms with Crippen LogP contribution < -0.4 is 31.1 Å². The Morgan fingerprint density at radius 3 is 2.42 bits per heavy atom. The Kier molecular flexibility index (Phi) is 11.6. The van der Waals surface area contributed by atoms with Crippen LogP contribution in [-0.4, -0.2) is 125 Å². The minimum Gasteiger partial charge on any atom is -0.389 e. The Morgan fingerprint density at radius 1 is 0.913 bits per heavy atom. The van der Waals surface area contributed by atoms with Crippen molar-refractivity contribution < 1.29 is 37.9 Å². The number of benzene rings is 3. The van der Waals surface area contributed by atoms with Gasteiger partial charge in [0.15, 0.2) is 11.2 Å². The highest BCUT2D eigenvalue weighted by Gasteiger charge is 2.47. The lowest BCUT2D eigenvalue weighted by atomic mass is 9.71. The summed E-state index contributed by atoms with van der Waals surface area (Å²) < 4.78 is 31.3. The smallest absolute Gasteiger partial charge is 0.255 e. The zero-order chi connectivity index (χ0) is 47.6. The second kappa shape index (κ2) is 17.7. The first-order valence-electron chi connectivity index (χ1n) is 23.7. The Hall–Kier alpha value is -6.57. The summed E-state index contributed by atoms with van der Waals surface area (Å²) in [5, 5.41) is 25.1. The van der Waals surface area contributed by atoms with Gasteiger partial charge in [-0.05, 0) is 104 Å². The van der Waals surface area contributed by atoms with Crippen molar-refractivity contribution in [3.05, 3.63) is 100 Å². The Labute approximate surface area is 400 Å². The number of aliphatic imine (C=N–C) groups is 1. The standard InChI is InChI=1S/C50H52F2N10O6S/c51-36-22-30(21-34-35(36)26-62(47(34)67)44(46(66)58-48-54-15-20-69-48)43-33-9-14-53-39(33)25-55-43)29-1-4-32(5-2-29)61-27-49(28-61)10-16-60(17-11-49)42(64)24-50(68)12-18-59(19-13-50)40-7-3-31(23-37(40)52)56-38-6-8-41(63)57-45(38)65/h1-5,7,15,20-23,25,38-39,44,53,56,68H,6,8-14,16-19,24,26-28H2,(H,54,58,66)(H,57,63,65). The van der Waals surface area contributed by atoms with E-state index in [1.165, 1.54) is 28.4 Å². The van der Waals surface area contributed by atoms with Gasteiger partial charge in [0, 0.05) is 91.4 Å². The molecule has 5 N–H and O–H groups in total. The van der Waals surface area contributed by atoms with Crippen LogP contribution in [0.25, 0.3) is 11.1 Å². The molecule has 3 unspecified atom stereocenters. The molecule has 3 atom stereocenters. The highest BCUT2D eigenvalue weighted by atomic mass is 32.1. The number of nitrogens with zero attached hydrogens (tertiary/aromatic N) is 6. The number of anilines is 4. The van der Waals surface area contributed by atoms with E-state index < -0.39 is 47.0 Å². The van der Waals surface area contributed by atoms with E-state index in [1.54, 1.807) is 36.0 Å². The van der Waals surface area contributed by atoms with Gasteiger partial charge in [-0.3, -0.25) is 39.6 Å². The number of carbonyl (C=O) groups excluding carboxylic acids is 5. The summed E-state index contributed by atoms with van der Waals surface area (Å²) in [6.45, 7) is 4.33. The average Bonchev–Trinajstić information content (AvgIpc) is 4.15. The maximum Gasteiger partial charge on any atom is 0.255 e. The first-order valence-corrected chi connectivity index (χ1v) is 24.5. The molecule has 69 heavy (non-hydrogen) atoms. The molecule has 0 bridgehead atoms. The molecule has 5 amide bonds. The number of amides is 5. The van der Waals surface area contributed by atoms with Gasteiger partial charge in [-0.15, -0.1) is 11.3 Å². The summed E-state index contributed by atoms with van der Waals surface area (Å²) in [4.78, 5) is 81.4. The molecule has 7 aliphatic rings. The van der Waals surface area contributed by atoms with E-state index in [4.69, 9.17) is 0 Å². The van der Waals surface area contributed by atoms with Crippen LogP contribution in [0, 0.1) is 17.0 Å². The fraction of sp³-hybridized carbons (Fsp3) is 0.420. The first-order chi connectivity index (χ1) is 33.3. The average molecular weight is 959 g/mol. The summed E-state index contributed by atoms with van der Waals surface area (Å²) in [5.74, 6) is -2.68. The quantitative estimate of drug-likeness (QED) is 0.130. The summed E-state index contributed by atoms with van der Waals surface area (Å²) in [7, 11) is 0. The number of hydrogen-bond donors (Lipinski definition) is 5. The molecule has 1 aromatic heterocycles. The van der Waals surface area contributed by atoms with E-state index in [9.17, 15) is 29.1 Å². The number of halogens is 2. The van der Waals surface area contributed by atoms with Crippen molar-refractivity contribution in [2.45, 2.75) is 81.6 Å². The maximum absolute atomic E-state index is 16.0. The number of thiazole rings is 1. The molecule has 16 nitrogen and oxygen atoms in total. The molecule has 358 valence electrons. The number of nitrogens with one attached hydrogen (secondary N) is 4. The van der Waals surface area contributed by atoms with E-state index >= 15 is 8.78 Å². The molecule has 0 aliphatic carbocycles. The van der Waals surface area contributed by atoms with Gasteiger partial charge in [0.05, 0.1) is 36.0 Å². The summed E-state index contributed by atoms with van der Waals surface area (Å²) in [6, 6.07) is 14.0. The van der Waals surface area contributed by atoms with Gasteiger partial charge in [-0.2, -0.15) is 0 Å². The van der Waals surface area contributed by atoms with Crippen molar-refractivity contribution in [1.82, 2.24) is 25.4 Å². The van der Waals surface area contributed by atoms with Gasteiger partial charge >= 0.3 is 0 Å². The van der Waals surface area contributed by atoms with Crippen LogP contribution in [-0.2, 0) is 25.7 Å². The van der Waals surface area contributed by atoms with Crippen molar-refractivity contribution in [1.29, 1.82) is 0 Å². The molecule has 4 aromatic rings. The van der Waals surface area contributed by atoms with E-state index in [0.29, 0.717) is 79.6 Å². The molecule has 11 rings (SSSR count). The largest absolute Gasteiger partial charge is 0.389 e. The Morgan fingerprint density at radius 2 is 1.70 bits per heavy atom. The number of piperidine rings is 3. The van der Waals surface area contributed by atoms with Crippen molar-refractivity contribution in [2.75, 3.05) is 66.2 Å². The predicted molar refractivity (Wildman–Crippen MR) is 256 cm³/mol. The Balaban J connectivity index is 0.669. The number of aliphatic hydroxyl groups is 1. The highest BCUT2D eigenvalue weighted by molar-refractivity contribution is 7.13. The maximum atomic E-state index is 16.0. The first kappa shape index (κ1) is 44.9. The molecule has 5 saturated heterocycles. The van der Waals surface area contributed by atoms with Crippen LogP contribution >= 0.6 is 11.3 Å². The summed E-state index contributed by atoms with van der Waals surface area (Å²) >= 11 is 1.27. The molecule has 0 saturated carbocycles. The van der Waals surface area contributed by atoms with Crippen LogP contribution in [0.15, 0.2) is 82.4 Å². The fourth-order valence-corrected chi connectivity index (χ4v) is 11.7. The number of imide groups is 1. The Bertz CT molecular complexity index is 2800. The van der Waals surface area contributed by atoms with E-state index in [0.717, 1.165) is 49.3 Å². The second-order valence-electron chi connectivity index (χ2n) is 19.5. The summed E-state index contributed by atoms with van der Waals surface area (Å²) in [6.07, 6.45) is 6.94. The van der Waals surface area contributed by atoms with Crippen LogP contribution in [0.1, 0.15) is 67.3 Å². The fourth-order valence-electron chi connectivity index (χ4n) is 11.2. The van der Waals surface area contributed by atoms with Crippen molar-refractivity contribution >= 4 is 69.3 Å². The minimum atomic E-state index is -1.18. The number of likely N-dealkylation sites (tertiary alicyclic amines) is 1. The van der Waals surface area contributed by atoms with Crippen molar-refractivity contribution in [3.63, 3.8) is 0 Å². The zero-order valence-electron chi connectivity index (χ0n) is 37.8. The third-order valence-corrected chi connectivity index (χ3v) is 15.8. The van der Waals surface area contributed by atoms with Gasteiger partial charge in [0.25, 0.3) is 11.8 Å². The number of fused-ring (bicyclic) bond motifs is 2. The summed E-state index contributed by atoms with van der Waals surface area (Å²) in [5.41, 5.74) is 4.01. The van der Waals surface area contributed by atoms with Crippen molar-refractivity contribution in [3.8, 4) is 11.1 Å². The third kappa shape index (κ3) is 8.64. The van der Waals surface area contributed by atoms with Crippen LogP contribution in [0.3, 0.4) is 0 Å². The van der Waals surface area contributed by atoms with Crippen molar-refractivity contribution in [2.24, 2.45) is 10.4 Å². The molecule has 0 radical (unpaired) electrons. The second-order valence-corrected chi connectivity index (χ2v) is 20.4. The number of hydrogen-bond acceptors (Lipinski definition) is 13. The van der Waals surface area contributed by atoms with Gasteiger partial charge < -0.3 is 35.3 Å².